The number of aliphatic imine (C=N–C) groups is 1. The number of carbonyl (C=O) groups excluding carboxylic acids is 2. The Labute approximate surface area is 179 Å². The SMILES string of the molecule is CCNC(=NCC1CCN(C2CC2)C1)NCCCN1C(=O)C2C3C=CC(C3)C2C1=O. The van der Waals surface area contributed by atoms with Gasteiger partial charge in [0.05, 0.1) is 11.8 Å². The highest BCUT2D eigenvalue weighted by Gasteiger charge is 2.58. The van der Waals surface area contributed by atoms with Gasteiger partial charge in [0.1, 0.15) is 0 Å². The number of rotatable bonds is 8. The number of likely N-dealkylation sites (tertiary alicyclic amines) is 2. The first kappa shape index (κ1) is 20.0. The Bertz CT molecular complexity index is 716. The van der Waals surface area contributed by atoms with Gasteiger partial charge in [-0.2, -0.15) is 0 Å². The van der Waals surface area contributed by atoms with Crippen molar-refractivity contribution in [1.29, 1.82) is 0 Å². The lowest BCUT2D eigenvalue weighted by Crippen LogP contribution is -2.40. The molecule has 0 spiro atoms. The molecular formula is C23H35N5O2. The normalized spacial score (nSPS) is 35.6. The topological polar surface area (TPSA) is 77.0 Å². The number of imide groups is 1. The molecule has 7 heteroatoms. The molecule has 164 valence electrons. The Kier molecular flexibility index (Phi) is 5.56. The van der Waals surface area contributed by atoms with Crippen LogP contribution in [-0.4, -0.2) is 72.9 Å². The first-order valence-corrected chi connectivity index (χ1v) is 12.0. The highest BCUT2D eigenvalue weighted by Crippen LogP contribution is 2.52. The molecule has 4 fully saturated rings. The zero-order valence-electron chi connectivity index (χ0n) is 18.1. The Morgan fingerprint density at radius 2 is 1.83 bits per heavy atom. The summed E-state index contributed by atoms with van der Waals surface area (Å²) in [5.41, 5.74) is 0. The molecule has 5 unspecified atom stereocenters. The second-order valence-electron chi connectivity index (χ2n) is 9.71. The summed E-state index contributed by atoms with van der Waals surface area (Å²) >= 11 is 0. The van der Waals surface area contributed by atoms with Gasteiger partial charge in [-0.05, 0) is 63.3 Å². The number of guanidine groups is 1. The van der Waals surface area contributed by atoms with Gasteiger partial charge in [-0.3, -0.25) is 19.5 Å². The summed E-state index contributed by atoms with van der Waals surface area (Å²) < 4.78 is 0. The number of carbonyl (C=O) groups is 2. The lowest BCUT2D eigenvalue weighted by atomic mass is 9.85. The molecule has 0 aromatic carbocycles. The van der Waals surface area contributed by atoms with E-state index in [1.807, 2.05) is 0 Å². The summed E-state index contributed by atoms with van der Waals surface area (Å²) in [6.07, 6.45) is 10.0. The van der Waals surface area contributed by atoms with Gasteiger partial charge in [0, 0.05) is 38.8 Å². The van der Waals surface area contributed by atoms with Crippen molar-refractivity contribution in [1.82, 2.24) is 20.4 Å². The van der Waals surface area contributed by atoms with E-state index in [1.54, 1.807) is 0 Å². The third kappa shape index (κ3) is 3.77. The molecule has 5 rings (SSSR count). The largest absolute Gasteiger partial charge is 0.357 e. The molecule has 0 aromatic heterocycles. The third-order valence-electron chi connectivity index (χ3n) is 7.64. The van der Waals surface area contributed by atoms with Crippen LogP contribution in [-0.2, 0) is 9.59 Å². The number of nitrogens with zero attached hydrogens (tertiary/aromatic N) is 3. The fraction of sp³-hybridized carbons (Fsp3) is 0.783. The van der Waals surface area contributed by atoms with Crippen molar-refractivity contribution in [3.8, 4) is 0 Å². The summed E-state index contributed by atoms with van der Waals surface area (Å²) in [4.78, 5) is 34.5. The van der Waals surface area contributed by atoms with Gasteiger partial charge < -0.3 is 15.5 Å². The van der Waals surface area contributed by atoms with Gasteiger partial charge >= 0.3 is 0 Å². The van der Waals surface area contributed by atoms with Gasteiger partial charge in [-0.1, -0.05) is 12.2 Å². The van der Waals surface area contributed by atoms with Gasteiger partial charge in [0.15, 0.2) is 5.96 Å². The predicted molar refractivity (Wildman–Crippen MR) is 116 cm³/mol. The monoisotopic (exact) mass is 413 g/mol. The number of hydrogen-bond donors (Lipinski definition) is 2. The van der Waals surface area contributed by atoms with Crippen LogP contribution in [0.2, 0.25) is 0 Å². The van der Waals surface area contributed by atoms with E-state index < -0.39 is 0 Å². The molecule has 2 N–H and O–H groups in total. The molecule has 5 atom stereocenters. The molecule has 2 aliphatic heterocycles. The first-order valence-electron chi connectivity index (χ1n) is 12.0. The van der Waals surface area contributed by atoms with Gasteiger partial charge in [0.25, 0.3) is 0 Å². The van der Waals surface area contributed by atoms with Crippen molar-refractivity contribution < 1.29 is 9.59 Å². The van der Waals surface area contributed by atoms with Gasteiger partial charge in [-0.25, -0.2) is 0 Å². The Balaban J connectivity index is 1.07. The highest BCUT2D eigenvalue weighted by molar-refractivity contribution is 6.06. The van der Waals surface area contributed by atoms with E-state index in [-0.39, 0.29) is 23.7 Å². The van der Waals surface area contributed by atoms with Crippen molar-refractivity contribution in [3.63, 3.8) is 0 Å². The number of fused-ring (bicyclic) bond motifs is 5. The van der Waals surface area contributed by atoms with Crippen molar-refractivity contribution in [2.45, 2.75) is 45.1 Å². The number of hydrogen-bond acceptors (Lipinski definition) is 4. The van der Waals surface area contributed by atoms with Crippen molar-refractivity contribution in [3.05, 3.63) is 12.2 Å². The van der Waals surface area contributed by atoms with Crippen LogP contribution >= 0.6 is 0 Å². The van der Waals surface area contributed by atoms with Crippen LogP contribution in [0.4, 0.5) is 0 Å². The molecule has 7 nitrogen and oxygen atoms in total. The van der Waals surface area contributed by atoms with Crippen molar-refractivity contribution in [2.75, 3.05) is 39.3 Å². The Morgan fingerprint density at radius 3 is 2.50 bits per heavy atom. The average Bonchev–Trinajstić information content (AvgIpc) is 3.09. The zero-order chi connectivity index (χ0) is 20.7. The van der Waals surface area contributed by atoms with E-state index in [4.69, 9.17) is 4.99 Å². The second-order valence-corrected chi connectivity index (χ2v) is 9.71. The fourth-order valence-electron chi connectivity index (χ4n) is 5.97. The van der Waals surface area contributed by atoms with Crippen LogP contribution in [0.25, 0.3) is 0 Å². The maximum Gasteiger partial charge on any atom is 0.233 e. The maximum atomic E-state index is 12.8. The first-order chi connectivity index (χ1) is 14.7. The molecule has 2 bridgehead atoms. The summed E-state index contributed by atoms with van der Waals surface area (Å²) in [5, 5.41) is 6.71. The summed E-state index contributed by atoms with van der Waals surface area (Å²) in [7, 11) is 0. The minimum Gasteiger partial charge on any atom is -0.357 e. The average molecular weight is 414 g/mol. The number of nitrogens with one attached hydrogen (secondary N) is 2. The molecule has 2 saturated carbocycles. The molecule has 2 heterocycles. The van der Waals surface area contributed by atoms with E-state index in [0.29, 0.717) is 30.8 Å². The molecule has 3 aliphatic carbocycles. The van der Waals surface area contributed by atoms with Crippen LogP contribution < -0.4 is 10.6 Å². The molecule has 2 amide bonds. The zero-order valence-corrected chi connectivity index (χ0v) is 18.1. The maximum absolute atomic E-state index is 12.8. The smallest absolute Gasteiger partial charge is 0.233 e. The molecular weight excluding hydrogens is 378 g/mol. The summed E-state index contributed by atoms with van der Waals surface area (Å²) in [6, 6.07) is 0.854. The summed E-state index contributed by atoms with van der Waals surface area (Å²) in [5.74, 6) is 2.04. The minimum absolute atomic E-state index is 0.0591. The highest BCUT2D eigenvalue weighted by atomic mass is 16.2. The van der Waals surface area contributed by atoms with Crippen molar-refractivity contribution >= 4 is 17.8 Å². The van der Waals surface area contributed by atoms with Crippen LogP contribution in [0.3, 0.4) is 0 Å². The van der Waals surface area contributed by atoms with E-state index in [0.717, 1.165) is 37.9 Å². The molecule has 30 heavy (non-hydrogen) atoms. The Hall–Kier alpha value is -1.89. The van der Waals surface area contributed by atoms with E-state index in [2.05, 4.69) is 34.6 Å². The lowest BCUT2D eigenvalue weighted by Gasteiger charge is -2.18. The Morgan fingerprint density at radius 1 is 1.10 bits per heavy atom. The molecule has 0 aromatic rings. The van der Waals surface area contributed by atoms with Crippen LogP contribution in [0, 0.1) is 29.6 Å². The second kappa shape index (κ2) is 8.33. The number of amides is 2. The third-order valence-corrected chi connectivity index (χ3v) is 7.64. The van der Waals surface area contributed by atoms with Crippen LogP contribution in [0.5, 0.6) is 0 Å². The van der Waals surface area contributed by atoms with E-state index in [9.17, 15) is 9.59 Å². The van der Waals surface area contributed by atoms with Crippen LogP contribution in [0.1, 0.15) is 39.0 Å². The fourth-order valence-corrected chi connectivity index (χ4v) is 5.97. The molecule has 5 aliphatic rings. The van der Waals surface area contributed by atoms with E-state index >= 15 is 0 Å². The van der Waals surface area contributed by atoms with Crippen LogP contribution in [0.15, 0.2) is 17.1 Å². The standard InChI is InChI=1S/C23H35N5O2/c1-2-24-23(26-13-15-8-11-27(14-15)18-6-7-18)25-9-3-10-28-21(29)19-16-4-5-17(12-16)20(19)22(28)30/h4-5,15-20H,2-3,6-14H2,1H3,(H2,24,25,26). The predicted octanol–water partition coefficient (Wildman–Crippen LogP) is 1.22. The lowest BCUT2D eigenvalue weighted by molar-refractivity contribution is -0.140. The molecule has 2 saturated heterocycles. The molecule has 0 radical (unpaired) electrons. The quantitative estimate of drug-likeness (QED) is 0.206. The summed E-state index contributed by atoms with van der Waals surface area (Å²) in [6.45, 7) is 7.40. The van der Waals surface area contributed by atoms with Crippen molar-refractivity contribution in [2.24, 2.45) is 34.6 Å². The minimum atomic E-state index is -0.0824. The number of allylic oxidation sites excluding steroid dienone is 2. The van der Waals surface area contributed by atoms with E-state index in [1.165, 1.54) is 37.3 Å². The van der Waals surface area contributed by atoms with Gasteiger partial charge in [0.2, 0.25) is 11.8 Å². The van der Waals surface area contributed by atoms with Gasteiger partial charge in [-0.15, -0.1) is 0 Å².